The predicted molar refractivity (Wildman–Crippen MR) is 117 cm³/mol. The van der Waals surface area contributed by atoms with Crippen LogP contribution in [0.15, 0.2) is 77.8 Å². The van der Waals surface area contributed by atoms with Crippen molar-refractivity contribution in [1.82, 2.24) is 9.71 Å². The summed E-state index contributed by atoms with van der Waals surface area (Å²) in [6.07, 6.45) is 1.71. The number of carboxylic acids is 1. The first-order chi connectivity index (χ1) is 14.8. The molecule has 1 heterocycles. The SMILES string of the molecule is CC(C)[C@@H](NS(=O)(=O)c1ccc(-c2ccc(OCc3ccccn3)cc2)cc1)C(=O)O. The van der Waals surface area contributed by atoms with Gasteiger partial charge in [-0.15, -0.1) is 0 Å². The summed E-state index contributed by atoms with van der Waals surface area (Å²) in [4.78, 5) is 15.5. The number of sulfonamides is 1. The van der Waals surface area contributed by atoms with E-state index in [2.05, 4.69) is 9.71 Å². The van der Waals surface area contributed by atoms with E-state index < -0.39 is 22.0 Å². The quantitative estimate of drug-likeness (QED) is 0.525. The van der Waals surface area contributed by atoms with Crippen LogP contribution in [-0.4, -0.2) is 30.5 Å². The molecule has 0 radical (unpaired) electrons. The van der Waals surface area contributed by atoms with Crippen molar-refractivity contribution in [2.24, 2.45) is 5.92 Å². The number of nitrogens with zero attached hydrogens (tertiary/aromatic N) is 1. The Labute approximate surface area is 181 Å². The van der Waals surface area contributed by atoms with E-state index >= 15 is 0 Å². The average molecular weight is 441 g/mol. The number of hydrogen-bond donors (Lipinski definition) is 2. The van der Waals surface area contributed by atoms with E-state index in [0.29, 0.717) is 12.4 Å². The molecule has 8 heteroatoms. The van der Waals surface area contributed by atoms with Gasteiger partial charge in [0.05, 0.1) is 10.6 Å². The van der Waals surface area contributed by atoms with Crippen molar-refractivity contribution in [3.05, 3.63) is 78.6 Å². The van der Waals surface area contributed by atoms with Crippen molar-refractivity contribution >= 4 is 16.0 Å². The Morgan fingerprint density at radius 2 is 1.61 bits per heavy atom. The number of aromatic nitrogens is 1. The van der Waals surface area contributed by atoms with Gasteiger partial charge in [0.1, 0.15) is 18.4 Å². The van der Waals surface area contributed by atoms with E-state index in [1.54, 1.807) is 32.2 Å². The van der Waals surface area contributed by atoms with Crippen LogP contribution in [0.5, 0.6) is 5.75 Å². The van der Waals surface area contributed by atoms with Crippen LogP contribution >= 0.6 is 0 Å². The molecule has 0 saturated carbocycles. The first-order valence-electron chi connectivity index (χ1n) is 9.74. The number of pyridine rings is 1. The Balaban J connectivity index is 1.68. The molecule has 7 nitrogen and oxygen atoms in total. The highest BCUT2D eigenvalue weighted by atomic mass is 32.2. The van der Waals surface area contributed by atoms with Crippen molar-refractivity contribution in [3.63, 3.8) is 0 Å². The van der Waals surface area contributed by atoms with Crippen LogP contribution in [0, 0.1) is 5.92 Å². The normalized spacial score (nSPS) is 12.5. The second kappa shape index (κ2) is 9.72. The third-order valence-electron chi connectivity index (χ3n) is 4.68. The van der Waals surface area contributed by atoms with Crippen LogP contribution < -0.4 is 9.46 Å². The van der Waals surface area contributed by atoms with Gasteiger partial charge in [0.25, 0.3) is 0 Å². The van der Waals surface area contributed by atoms with Gasteiger partial charge in [-0.25, -0.2) is 8.42 Å². The Bertz CT molecular complexity index is 1110. The minimum atomic E-state index is -3.95. The summed E-state index contributed by atoms with van der Waals surface area (Å²) in [6.45, 7) is 3.66. The molecule has 0 saturated heterocycles. The van der Waals surface area contributed by atoms with Crippen LogP contribution in [0.2, 0.25) is 0 Å². The highest BCUT2D eigenvalue weighted by Crippen LogP contribution is 2.24. The lowest BCUT2D eigenvalue weighted by Crippen LogP contribution is -2.44. The maximum atomic E-state index is 12.5. The predicted octanol–water partition coefficient (Wildman–Crippen LogP) is 3.72. The van der Waals surface area contributed by atoms with E-state index in [-0.39, 0.29) is 10.8 Å². The first-order valence-corrected chi connectivity index (χ1v) is 11.2. The summed E-state index contributed by atoms with van der Waals surface area (Å²) in [5, 5.41) is 9.23. The number of nitrogens with one attached hydrogen (secondary N) is 1. The van der Waals surface area contributed by atoms with Gasteiger partial charge in [0.2, 0.25) is 10.0 Å². The lowest BCUT2D eigenvalue weighted by molar-refractivity contribution is -0.140. The standard InChI is InChI=1S/C23H24N2O5S/c1-16(2)22(23(26)27)25-31(28,29)21-12-8-18(9-13-21)17-6-10-20(11-7-17)30-15-19-5-3-4-14-24-19/h3-14,16,22,25H,15H2,1-2H3,(H,26,27)/t22-/m1/s1. The monoisotopic (exact) mass is 440 g/mol. The molecule has 162 valence electrons. The van der Waals surface area contributed by atoms with E-state index in [1.165, 1.54) is 12.1 Å². The van der Waals surface area contributed by atoms with Crippen molar-refractivity contribution in [3.8, 4) is 16.9 Å². The Hall–Kier alpha value is -3.23. The fourth-order valence-electron chi connectivity index (χ4n) is 2.92. The molecule has 1 aromatic heterocycles. The molecular formula is C23H24N2O5S. The summed E-state index contributed by atoms with van der Waals surface area (Å²) >= 11 is 0. The zero-order valence-electron chi connectivity index (χ0n) is 17.2. The number of carboxylic acid groups (broad SMARTS) is 1. The average Bonchev–Trinajstić information content (AvgIpc) is 2.77. The lowest BCUT2D eigenvalue weighted by atomic mass is 10.1. The summed E-state index contributed by atoms with van der Waals surface area (Å²) in [6, 6.07) is 18.2. The molecule has 0 aliphatic heterocycles. The number of hydrogen-bond acceptors (Lipinski definition) is 5. The van der Waals surface area contributed by atoms with Gasteiger partial charge >= 0.3 is 5.97 Å². The number of aliphatic carboxylic acids is 1. The minimum Gasteiger partial charge on any atom is -0.487 e. The smallest absolute Gasteiger partial charge is 0.322 e. The fraction of sp³-hybridized carbons (Fsp3) is 0.217. The molecular weight excluding hydrogens is 416 g/mol. The third kappa shape index (κ3) is 5.90. The number of rotatable bonds is 9. The topological polar surface area (TPSA) is 106 Å². The summed E-state index contributed by atoms with van der Waals surface area (Å²) in [7, 11) is -3.95. The number of benzene rings is 2. The molecule has 2 N–H and O–H groups in total. The Kier molecular flexibility index (Phi) is 7.04. The molecule has 0 amide bonds. The highest BCUT2D eigenvalue weighted by molar-refractivity contribution is 7.89. The summed E-state index contributed by atoms with van der Waals surface area (Å²) in [5.41, 5.74) is 2.56. The van der Waals surface area contributed by atoms with Gasteiger partial charge in [-0.05, 0) is 53.4 Å². The maximum absolute atomic E-state index is 12.5. The minimum absolute atomic E-state index is 0.0125. The van der Waals surface area contributed by atoms with Gasteiger partial charge in [-0.1, -0.05) is 44.2 Å². The van der Waals surface area contributed by atoms with E-state index in [4.69, 9.17) is 4.74 Å². The van der Waals surface area contributed by atoms with Crippen molar-refractivity contribution in [2.45, 2.75) is 31.4 Å². The molecule has 3 rings (SSSR count). The van der Waals surface area contributed by atoms with Crippen LogP contribution in [0.4, 0.5) is 0 Å². The van der Waals surface area contributed by atoms with E-state index in [9.17, 15) is 18.3 Å². The van der Waals surface area contributed by atoms with Crippen LogP contribution in [-0.2, 0) is 21.4 Å². The Morgan fingerprint density at radius 1 is 1.00 bits per heavy atom. The second-order valence-corrected chi connectivity index (χ2v) is 9.05. The summed E-state index contributed by atoms with van der Waals surface area (Å²) < 4.78 is 33.1. The molecule has 0 spiro atoms. The largest absolute Gasteiger partial charge is 0.487 e. The van der Waals surface area contributed by atoms with Crippen LogP contribution in [0.25, 0.3) is 11.1 Å². The van der Waals surface area contributed by atoms with Crippen molar-refractivity contribution < 1.29 is 23.1 Å². The third-order valence-corrected chi connectivity index (χ3v) is 6.14. The van der Waals surface area contributed by atoms with Gasteiger partial charge in [-0.3, -0.25) is 9.78 Å². The molecule has 0 aliphatic rings. The summed E-state index contributed by atoms with van der Waals surface area (Å²) in [5.74, 6) is -0.892. The molecule has 0 unspecified atom stereocenters. The van der Waals surface area contributed by atoms with E-state index in [1.807, 2.05) is 42.5 Å². The molecule has 31 heavy (non-hydrogen) atoms. The van der Waals surface area contributed by atoms with Crippen molar-refractivity contribution in [2.75, 3.05) is 0 Å². The molecule has 1 atom stereocenters. The molecule has 0 aliphatic carbocycles. The zero-order chi connectivity index (χ0) is 22.4. The number of ether oxygens (including phenoxy) is 1. The Morgan fingerprint density at radius 3 is 2.13 bits per heavy atom. The fourth-order valence-corrected chi connectivity index (χ4v) is 4.26. The van der Waals surface area contributed by atoms with Gasteiger partial charge in [0.15, 0.2) is 0 Å². The van der Waals surface area contributed by atoms with Gasteiger partial charge < -0.3 is 9.84 Å². The van der Waals surface area contributed by atoms with Crippen LogP contribution in [0.3, 0.4) is 0 Å². The van der Waals surface area contributed by atoms with E-state index in [0.717, 1.165) is 16.8 Å². The maximum Gasteiger partial charge on any atom is 0.322 e. The van der Waals surface area contributed by atoms with Gasteiger partial charge in [0, 0.05) is 6.20 Å². The van der Waals surface area contributed by atoms with Gasteiger partial charge in [-0.2, -0.15) is 4.72 Å². The van der Waals surface area contributed by atoms with Crippen LogP contribution in [0.1, 0.15) is 19.5 Å². The molecule has 2 aromatic carbocycles. The molecule has 0 fully saturated rings. The molecule has 0 bridgehead atoms. The second-order valence-electron chi connectivity index (χ2n) is 7.34. The molecule has 3 aromatic rings. The lowest BCUT2D eigenvalue weighted by Gasteiger charge is -2.18. The highest BCUT2D eigenvalue weighted by Gasteiger charge is 2.27. The van der Waals surface area contributed by atoms with Crippen molar-refractivity contribution in [1.29, 1.82) is 0 Å². The number of carbonyl (C=O) groups is 1. The zero-order valence-corrected chi connectivity index (χ0v) is 18.0. The first kappa shape index (κ1) is 22.5.